The average Bonchev–Trinajstić information content (AvgIpc) is 3.18. The van der Waals surface area contributed by atoms with Crippen LogP contribution in [0.3, 0.4) is 0 Å². The molecule has 3 heterocycles. The predicted molar refractivity (Wildman–Crippen MR) is 115 cm³/mol. The molecule has 0 bridgehead atoms. The van der Waals surface area contributed by atoms with E-state index in [2.05, 4.69) is 27.0 Å². The van der Waals surface area contributed by atoms with Crippen molar-refractivity contribution in [2.24, 2.45) is 7.05 Å². The Labute approximate surface area is 170 Å². The van der Waals surface area contributed by atoms with Crippen LogP contribution in [0.15, 0.2) is 41.6 Å². The van der Waals surface area contributed by atoms with Crippen LogP contribution in [-0.4, -0.2) is 39.1 Å². The van der Waals surface area contributed by atoms with Crippen LogP contribution in [0, 0.1) is 11.3 Å². The zero-order chi connectivity index (χ0) is 20.4. The van der Waals surface area contributed by atoms with E-state index in [1.807, 2.05) is 31.3 Å². The minimum atomic E-state index is 0.0700. The Hall–Kier alpha value is -3.17. The van der Waals surface area contributed by atoms with Crippen LogP contribution < -0.4 is 5.56 Å². The molecule has 29 heavy (non-hydrogen) atoms. The van der Waals surface area contributed by atoms with Gasteiger partial charge < -0.3 is 9.55 Å². The topological polar surface area (TPSA) is 77.7 Å². The van der Waals surface area contributed by atoms with Crippen molar-refractivity contribution in [2.45, 2.75) is 26.2 Å². The first kappa shape index (κ1) is 19.2. The van der Waals surface area contributed by atoms with E-state index in [4.69, 9.17) is 5.26 Å². The molecule has 0 fully saturated rings. The van der Waals surface area contributed by atoms with Crippen LogP contribution in [0.4, 0.5) is 0 Å². The first-order valence-corrected chi connectivity index (χ1v) is 10.1. The number of aryl methyl sites for hydroxylation is 2. The van der Waals surface area contributed by atoms with Crippen LogP contribution in [0.1, 0.15) is 35.7 Å². The summed E-state index contributed by atoms with van der Waals surface area (Å²) in [5.41, 5.74) is 6.06. The molecule has 0 spiro atoms. The van der Waals surface area contributed by atoms with E-state index >= 15 is 0 Å². The van der Waals surface area contributed by atoms with Gasteiger partial charge in [-0.1, -0.05) is 19.1 Å². The number of nitriles is 1. The maximum atomic E-state index is 12.5. The van der Waals surface area contributed by atoms with E-state index in [0.29, 0.717) is 5.56 Å². The van der Waals surface area contributed by atoms with E-state index in [9.17, 15) is 4.79 Å². The number of nitrogens with one attached hydrogen (secondary N) is 1. The molecule has 0 saturated carbocycles. The molecular formula is C23H25N5O. The van der Waals surface area contributed by atoms with Gasteiger partial charge in [0.05, 0.1) is 23.7 Å². The third-order valence-corrected chi connectivity index (χ3v) is 5.78. The van der Waals surface area contributed by atoms with Gasteiger partial charge in [0.2, 0.25) is 0 Å². The molecule has 1 aliphatic heterocycles. The zero-order valence-corrected chi connectivity index (χ0v) is 16.9. The van der Waals surface area contributed by atoms with Gasteiger partial charge in [-0.15, -0.1) is 0 Å². The molecule has 4 rings (SSSR count). The molecule has 1 N–H and O–H groups in total. The molecular weight excluding hydrogens is 362 g/mol. The highest BCUT2D eigenvalue weighted by Gasteiger charge is 2.17. The van der Waals surface area contributed by atoms with Crippen LogP contribution in [0.2, 0.25) is 0 Å². The highest BCUT2D eigenvalue weighted by atomic mass is 16.1. The van der Waals surface area contributed by atoms with Gasteiger partial charge in [-0.2, -0.15) is 5.26 Å². The molecule has 0 saturated heterocycles. The summed E-state index contributed by atoms with van der Waals surface area (Å²) in [6.45, 7) is 4.75. The Morgan fingerprint density at radius 2 is 2.21 bits per heavy atom. The monoisotopic (exact) mass is 387 g/mol. The van der Waals surface area contributed by atoms with Gasteiger partial charge in [0.15, 0.2) is 0 Å². The average molecular weight is 387 g/mol. The van der Waals surface area contributed by atoms with Crippen LogP contribution >= 0.6 is 0 Å². The Morgan fingerprint density at radius 1 is 1.34 bits per heavy atom. The molecule has 6 heteroatoms. The minimum Gasteiger partial charge on any atom is -0.361 e. The highest BCUT2D eigenvalue weighted by Crippen LogP contribution is 2.29. The van der Waals surface area contributed by atoms with Crippen molar-refractivity contribution in [3.05, 3.63) is 69.5 Å². The SMILES string of the molecule is CCc1ncn(C)c(=O)c1CCN1CC=C(c2c[nH]c3cc(C#N)ccc23)CC1. The third-order valence-electron chi connectivity index (χ3n) is 5.78. The summed E-state index contributed by atoms with van der Waals surface area (Å²) in [5.74, 6) is 0. The summed E-state index contributed by atoms with van der Waals surface area (Å²) in [4.78, 5) is 22.6. The number of nitrogens with zero attached hydrogens (tertiary/aromatic N) is 4. The Balaban J connectivity index is 1.47. The lowest BCUT2D eigenvalue weighted by atomic mass is 9.98. The fourth-order valence-electron chi connectivity index (χ4n) is 4.07. The Bertz CT molecular complexity index is 1180. The lowest BCUT2D eigenvalue weighted by molar-refractivity contribution is 0.305. The summed E-state index contributed by atoms with van der Waals surface area (Å²) in [6, 6.07) is 7.98. The van der Waals surface area contributed by atoms with Gasteiger partial charge in [0.25, 0.3) is 5.56 Å². The first-order valence-electron chi connectivity index (χ1n) is 10.1. The lowest BCUT2D eigenvalue weighted by Crippen LogP contribution is -2.33. The van der Waals surface area contributed by atoms with Crippen molar-refractivity contribution in [2.75, 3.05) is 19.6 Å². The van der Waals surface area contributed by atoms with Gasteiger partial charge in [-0.25, -0.2) is 4.98 Å². The van der Waals surface area contributed by atoms with Crippen LogP contribution in [-0.2, 0) is 19.9 Å². The zero-order valence-electron chi connectivity index (χ0n) is 16.9. The fourth-order valence-corrected chi connectivity index (χ4v) is 4.07. The summed E-state index contributed by atoms with van der Waals surface area (Å²) >= 11 is 0. The van der Waals surface area contributed by atoms with Gasteiger partial charge >= 0.3 is 0 Å². The molecule has 6 nitrogen and oxygen atoms in total. The maximum absolute atomic E-state index is 12.5. The van der Waals surface area contributed by atoms with E-state index in [1.165, 1.54) is 11.1 Å². The number of H-pyrrole nitrogens is 1. The van der Waals surface area contributed by atoms with Crippen molar-refractivity contribution in [1.82, 2.24) is 19.4 Å². The predicted octanol–water partition coefficient (Wildman–Crippen LogP) is 3.03. The molecule has 1 aromatic carbocycles. The largest absolute Gasteiger partial charge is 0.361 e. The van der Waals surface area contributed by atoms with E-state index in [-0.39, 0.29) is 5.56 Å². The molecule has 1 aliphatic rings. The third kappa shape index (κ3) is 3.74. The highest BCUT2D eigenvalue weighted by molar-refractivity contribution is 5.93. The van der Waals surface area contributed by atoms with Crippen molar-refractivity contribution in [3.63, 3.8) is 0 Å². The molecule has 2 aromatic heterocycles. The summed E-state index contributed by atoms with van der Waals surface area (Å²) in [6.07, 6.45) is 8.42. The van der Waals surface area contributed by atoms with Crippen molar-refractivity contribution in [1.29, 1.82) is 5.26 Å². The summed E-state index contributed by atoms with van der Waals surface area (Å²) in [7, 11) is 1.76. The van der Waals surface area contributed by atoms with E-state index in [0.717, 1.165) is 61.1 Å². The van der Waals surface area contributed by atoms with Crippen LogP contribution in [0.5, 0.6) is 0 Å². The second kappa shape index (κ2) is 8.06. The van der Waals surface area contributed by atoms with Crippen molar-refractivity contribution in [3.8, 4) is 6.07 Å². The van der Waals surface area contributed by atoms with E-state index < -0.39 is 0 Å². The summed E-state index contributed by atoms with van der Waals surface area (Å²) < 4.78 is 1.57. The number of aromatic nitrogens is 3. The number of hydrogen-bond acceptors (Lipinski definition) is 4. The van der Waals surface area contributed by atoms with Gasteiger partial charge in [-0.05, 0) is 37.0 Å². The second-order valence-electron chi connectivity index (χ2n) is 7.54. The molecule has 0 atom stereocenters. The number of aromatic amines is 1. The van der Waals surface area contributed by atoms with Crippen molar-refractivity contribution < 1.29 is 0 Å². The second-order valence-corrected chi connectivity index (χ2v) is 7.54. The fraction of sp³-hybridized carbons (Fsp3) is 0.348. The number of fused-ring (bicyclic) bond motifs is 1. The number of hydrogen-bond donors (Lipinski definition) is 1. The Morgan fingerprint density at radius 3 is 2.93 bits per heavy atom. The molecule has 0 aliphatic carbocycles. The Kier molecular flexibility index (Phi) is 5.32. The molecule has 3 aromatic rings. The minimum absolute atomic E-state index is 0.0700. The van der Waals surface area contributed by atoms with Gasteiger partial charge in [0.1, 0.15) is 0 Å². The normalized spacial score (nSPS) is 14.7. The number of benzene rings is 1. The quantitative estimate of drug-likeness (QED) is 0.730. The van der Waals surface area contributed by atoms with Gasteiger partial charge in [-0.3, -0.25) is 9.69 Å². The molecule has 0 unspecified atom stereocenters. The molecule has 0 radical (unpaired) electrons. The van der Waals surface area contributed by atoms with Gasteiger partial charge in [0, 0.05) is 54.9 Å². The van der Waals surface area contributed by atoms with Crippen molar-refractivity contribution >= 4 is 16.5 Å². The standard InChI is InChI=1S/C23H25N5O/c1-3-21-19(23(29)27(2)15-26-21)8-11-28-9-6-17(7-10-28)20-14-25-22-12-16(13-24)4-5-18(20)22/h4-6,12,14-15,25H,3,7-11H2,1-2H3. The molecule has 0 amide bonds. The van der Waals surface area contributed by atoms with Crippen LogP contribution in [0.25, 0.3) is 16.5 Å². The smallest absolute Gasteiger partial charge is 0.256 e. The summed E-state index contributed by atoms with van der Waals surface area (Å²) in [5, 5.41) is 10.2. The molecule has 148 valence electrons. The number of rotatable bonds is 5. The van der Waals surface area contributed by atoms with E-state index in [1.54, 1.807) is 17.9 Å². The lowest BCUT2D eigenvalue weighted by Gasteiger charge is -2.26. The maximum Gasteiger partial charge on any atom is 0.256 e. The first-order chi connectivity index (χ1) is 14.1.